The predicted molar refractivity (Wildman–Crippen MR) is 79.7 cm³/mol. The Hall–Kier alpha value is -2.31. The quantitative estimate of drug-likeness (QED) is 0.741. The van der Waals surface area contributed by atoms with E-state index in [1.807, 2.05) is 6.92 Å². The minimum Gasteiger partial charge on any atom is -0.275 e. The van der Waals surface area contributed by atoms with Crippen LogP contribution in [-0.2, 0) is 13.6 Å². The Labute approximate surface area is 126 Å². The normalized spacial score (nSPS) is 11.7. The Morgan fingerprint density at radius 1 is 1.32 bits per heavy atom. The van der Waals surface area contributed by atoms with E-state index in [1.54, 1.807) is 35.7 Å². The van der Waals surface area contributed by atoms with Crippen LogP contribution in [0.3, 0.4) is 0 Å². The summed E-state index contributed by atoms with van der Waals surface area (Å²) < 4.78 is 30.3. The third kappa shape index (κ3) is 2.36. The first-order valence-corrected chi connectivity index (χ1v) is 7.16. The smallest absolute Gasteiger partial charge is 0.264 e. The molecular weight excluding hydrogens is 288 g/mol. The summed E-state index contributed by atoms with van der Waals surface area (Å²) >= 11 is 0. The molecule has 0 aliphatic heterocycles. The topological polar surface area (TPSA) is 48.5 Å². The average molecular weight is 305 g/mol. The lowest BCUT2D eigenvalue weighted by atomic mass is 10.1. The molecule has 3 heterocycles. The van der Waals surface area contributed by atoms with Crippen LogP contribution in [-0.4, -0.2) is 24.5 Å². The maximum absolute atomic E-state index is 13.5. The third-order valence-electron chi connectivity index (χ3n) is 3.58. The Morgan fingerprint density at radius 2 is 2.09 bits per heavy atom. The highest BCUT2D eigenvalue weighted by atomic mass is 19.3. The first-order chi connectivity index (χ1) is 10.5. The van der Waals surface area contributed by atoms with Crippen LogP contribution < -0.4 is 0 Å². The molecule has 22 heavy (non-hydrogen) atoms. The predicted octanol–water partition coefficient (Wildman–Crippen LogP) is 3.49. The van der Waals surface area contributed by atoms with E-state index >= 15 is 0 Å². The van der Waals surface area contributed by atoms with Gasteiger partial charge in [-0.1, -0.05) is 6.92 Å². The van der Waals surface area contributed by atoms with E-state index in [2.05, 4.69) is 15.2 Å². The van der Waals surface area contributed by atoms with Gasteiger partial charge in [-0.15, -0.1) is 0 Å². The summed E-state index contributed by atoms with van der Waals surface area (Å²) in [5, 5.41) is 8.90. The van der Waals surface area contributed by atoms with E-state index in [1.165, 1.54) is 6.07 Å². The van der Waals surface area contributed by atoms with Gasteiger partial charge < -0.3 is 0 Å². The van der Waals surface area contributed by atoms with E-state index < -0.39 is 6.43 Å². The number of hydrogen-bond acceptors (Lipinski definition) is 3. The van der Waals surface area contributed by atoms with Crippen molar-refractivity contribution in [1.29, 1.82) is 0 Å². The Bertz CT molecular complexity index is 819. The number of pyridine rings is 1. The molecule has 7 heteroatoms. The van der Waals surface area contributed by atoms with E-state index in [4.69, 9.17) is 0 Å². The van der Waals surface area contributed by atoms with Gasteiger partial charge in [0.1, 0.15) is 0 Å². The molecule has 0 radical (unpaired) electrons. The van der Waals surface area contributed by atoms with Gasteiger partial charge in [-0.2, -0.15) is 10.2 Å². The van der Waals surface area contributed by atoms with Gasteiger partial charge in [-0.25, -0.2) is 18.4 Å². The van der Waals surface area contributed by atoms with Crippen LogP contribution in [0.4, 0.5) is 8.78 Å². The van der Waals surface area contributed by atoms with Gasteiger partial charge in [0.25, 0.3) is 6.43 Å². The molecule has 5 nitrogen and oxygen atoms in total. The molecule has 0 aliphatic rings. The van der Waals surface area contributed by atoms with Crippen molar-refractivity contribution in [2.45, 2.75) is 33.2 Å². The molecule has 0 saturated heterocycles. The molecule has 0 unspecified atom stereocenters. The Balaban J connectivity index is 2.29. The van der Waals surface area contributed by atoms with Crippen LogP contribution in [0.5, 0.6) is 0 Å². The zero-order chi connectivity index (χ0) is 15.9. The van der Waals surface area contributed by atoms with E-state index in [0.717, 1.165) is 6.42 Å². The summed E-state index contributed by atoms with van der Waals surface area (Å²) in [6, 6.07) is 1.44. The molecule has 0 aliphatic carbocycles. The second kappa shape index (κ2) is 5.47. The van der Waals surface area contributed by atoms with Crippen molar-refractivity contribution in [2.75, 3.05) is 0 Å². The van der Waals surface area contributed by atoms with Gasteiger partial charge in [0.15, 0.2) is 5.65 Å². The van der Waals surface area contributed by atoms with E-state index in [0.29, 0.717) is 34.5 Å². The molecule has 0 spiro atoms. The second-order valence-corrected chi connectivity index (χ2v) is 5.31. The number of nitrogens with zero attached hydrogens (tertiary/aromatic N) is 5. The average Bonchev–Trinajstić information content (AvgIpc) is 3.03. The third-order valence-corrected chi connectivity index (χ3v) is 3.58. The molecule has 0 amide bonds. The van der Waals surface area contributed by atoms with Gasteiger partial charge in [0.2, 0.25) is 0 Å². The van der Waals surface area contributed by atoms with Crippen LogP contribution in [0, 0.1) is 6.92 Å². The Morgan fingerprint density at radius 3 is 2.68 bits per heavy atom. The van der Waals surface area contributed by atoms with Gasteiger partial charge >= 0.3 is 0 Å². The monoisotopic (exact) mass is 305 g/mol. The second-order valence-electron chi connectivity index (χ2n) is 5.31. The zero-order valence-electron chi connectivity index (χ0n) is 12.7. The van der Waals surface area contributed by atoms with E-state index in [9.17, 15) is 8.78 Å². The van der Waals surface area contributed by atoms with Gasteiger partial charge in [-0.3, -0.25) is 4.68 Å². The lowest BCUT2D eigenvalue weighted by molar-refractivity contribution is 0.153. The molecule has 0 atom stereocenters. The highest BCUT2D eigenvalue weighted by Crippen LogP contribution is 2.32. The van der Waals surface area contributed by atoms with E-state index in [-0.39, 0.29) is 5.56 Å². The molecule has 0 N–H and O–H groups in total. The van der Waals surface area contributed by atoms with Gasteiger partial charge in [-0.05, 0) is 19.4 Å². The Kier molecular flexibility index (Phi) is 3.64. The summed E-state index contributed by atoms with van der Waals surface area (Å²) in [5.41, 5.74) is 2.28. The first-order valence-electron chi connectivity index (χ1n) is 7.16. The van der Waals surface area contributed by atoms with Crippen molar-refractivity contribution in [2.24, 2.45) is 7.05 Å². The van der Waals surface area contributed by atoms with Crippen LogP contribution in [0.1, 0.15) is 31.0 Å². The molecule has 3 aromatic heterocycles. The fourth-order valence-corrected chi connectivity index (χ4v) is 2.63. The molecule has 0 saturated carbocycles. The standard InChI is InChI=1S/C15H17F2N5/c1-4-5-22-15-13(9(2)20-22)11(14(16)17)6-12(19-15)10-7-18-21(3)8-10/h6-8,14H,4-5H2,1-3H3. The van der Waals surface area contributed by atoms with Crippen LogP contribution >= 0.6 is 0 Å². The summed E-state index contributed by atoms with van der Waals surface area (Å²) in [7, 11) is 1.78. The molecule has 3 aromatic rings. The maximum Gasteiger partial charge on any atom is 0.264 e. The van der Waals surface area contributed by atoms with Crippen LogP contribution in [0.15, 0.2) is 18.5 Å². The molecule has 0 fully saturated rings. The van der Waals surface area contributed by atoms with Crippen LogP contribution in [0.2, 0.25) is 0 Å². The fraction of sp³-hybridized carbons (Fsp3) is 0.400. The molecule has 0 aromatic carbocycles. The van der Waals surface area contributed by atoms with Crippen molar-refractivity contribution in [3.63, 3.8) is 0 Å². The largest absolute Gasteiger partial charge is 0.275 e. The van der Waals surface area contributed by atoms with Crippen molar-refractivity contribution in [1.82, 2.24) is 24.5 Å². The lowest BCUT2D eigenvalue weighted by Gasteiger charge is -2.07. The molecule has 0 bridgehead atoms. The highest BCUT2D eigenvalue weighted by Gasteiger charge is 2.21. The van der Waals surface area contributed by atoms with Crippen molar-refractivity contribution < 1.29 is 8.78 Å². The minimum atomic E-state index is -2.57. The zero-order valence-corrected chi connectivity index (χ0v) is 12.7. The van der Waals surface area contributed by atoms with Crippen LogP contribution in [0.25, 0.3) is 22.3 Å². The maximum atomic E-state index is 13.5. The first kappa shape index (κ1) is 14.6. The number of aromatic nitrogens is 5. The number of rotatable bonds is 4. The molecule has 116 valence electrons. The summed E-state index contributed by atoms with van der Waals surface area (Å²) in [4.78, 5) is 4.56. The number of fused-ring (bicyclic) bond motifs is 1. The van der Waals surface area contributed by atoms with Crippen molar-refractivity contribution >= 4 is 11.0 Å². The molecular formula is C15H17F2N5. The number of halogens is 2. The van der Waals surface area contributed by atoms with Gasteiger partial charge in [0, 0.05) is 30.9 Å². The van der Waals surface area contributed by atoms with Crippen molar-refractivity contribution in [3.8, 4) is 11.3 Å². The van der Waals surface area contributed by atoms with Gasteiger partial charge in [0.05, 0.1) is 23.0 Å². The SMILES string of the molecule is CCCn1nc(C)c2c(C(F)F)cc(-c3cnn(C)c3)nc21. The highest BCUT2D eigenvalue weighted by molar-refractivity contribution is 5.85. The lowest BCUT2D eigenvalue weighted by Crippen LogP contribution is -2.01. The van der Waals surface area contributed by atoms with Crippen molar-refractivity contribution in [3.05, 3.63) is 29.7 Å². The summed E-state index contributed by atoms with van der Waals surface area (Å²) in [5.74, 6) is 0. The number of hydrogen-bond donors (Lipinski definition) is 0. The number of alkyl halides is 2. The molecule has 3 rings (SSSR count). The number of aryl methyl sites for hydroxylation is 3. The summed E-state index contributed by atoms with van der Waals surface area (Å²) in [6.45, 7) is 4.41. The summed E-state index contributed by atoms with van der Waals surface area (Å²) in [6.07, 6.45) is 1.67. The fourth-order valence-electron chi connectivity index (χ4n) is 2.63. The minimum absolute atomic E-state index is 0.0243.